The predicted molar refractivity (Wildman–Crippen MR) is 98.0 cm³/mol. The fourth-order valence-electron chi connectivity index (χ4n) is 3.09. The summed E-state index contributed by atoms with van der Waals surface area (Å²) in [7, 11) is 0. The number of hydrogen-bond acceptors (Lipinski definition) is 3. The monoisotopic (exact) mass is 346 g/mol. The van der Waals surface area contributed by atoms with Crippen molar-refractivity contribution in [2.24, 2.45) is 11.3 Å². The molecular weight excluding hydrogens is 316 g/mol. The van der Waals surface area contributed by atoms with Crippen molar-refractivity contribution in [3.8, 4) is 0 Å². The van der Waals surface area contributed by atoms with Crippen LogP contribution in [0.2, 0.25) is 0 Å². The molecule has 0 heterocycles. The number of aliphatic hydroxyl groups excluding tert-OH is 1. The van der Waals surface area contributed by atoms with Crippen LogP contribution in [0.25, 0.3) is 0 Å². The summed E-state index contributed by atoms with van der Waals surface area (Å²) in [5, 5.41) is 15.4. The van der Waals surface area contributed by atoms with Crippen molar-refractivity contribution in [1.29, 1.82) is 0 Å². The zero-order valence-electron chi connectivity index (χ0n) is 15.5. The maximum absolute atomic E-state index is 12.4. The van der Waals surface area contributed by atoms with E-state index in [0.717, 1.165) is 31.2 Å². The van der Waals surface area contributed by atoms with E-state index in [1.54, 1.807) is 12.1 Å². The van der Waals surface area contributed by atoms with Gasteiger partial charge in [-0.15, -0.1) is 0 Å². The van der Waals surface area contributed by atoms with Gasteiger partial charge in [-0.2, -0.15) is 0 Å². The number of hydrogen-bond donors (Lipinski definition) is 3. The highest BCUT2D eigenvalue weighted by atomic mass is 16.3. The van der Waals surface area contributed by atoms with Crippen molar-refractivity contribution >= 4 is 11.8 Å². The number of nitrogens with one attached hydrogen (secondary N) is 2. The summed E-state index contributed by atoms with van der Waals surface area (Å²) >= 11 is 0. The molecule has 1 fully saturated rings. The Morgan fingerprint density at radius 1 is 1.12 bits per heavy atom. The summed E-state index contributed by atoms with van der Waals surface area (Å²) in [4.78, 5) is 24.3. The molecule has 2 unspecified atom stereocenters. The Bertz CT molecular complexity index is 590. The van der Waals surface area contributed by atoms with Crippen molar-refractivity contribution in [3.05, 3.63) is 35.4 Å². The van der Waals surface area contributed by atoms with E-state index < -0.39 is 5.41 Å². The van der Waals surface area contributed by atoms with Crippen LogP contribution in [0, 0.1) is 11.3 Å². The molecule has 25 heavy (non-hydrogen) atoms. The molecule has 5 nitrogen and oxygen atoms in total. The number of amides is 2. The highest BCUT2D eigenvalue weighted by Gasteiger charge is 2.26. The summed E-state index contributed by atoms with van der Waals surface area (Å²) in [5.74, 6) is 0.0573. The highest BCUT2D eigenvalue weighted by Crippen LogP contribution is 2.24. The van der Waals surface area contributed by atoms with Crippen LogP contribution in [0.1, 0.15) is 62.4 Å². The molecule has 0 aromatic heterocycles. The van der Waals surface area contributed by atoms with Gasteiger partial charge >= 0.3 is 0 Å². The van der Waals surface area contributed by atoms with Crippen LogP contribution in [0.3, 0.4) is 0 Å². The minimum Gasteiger partial charge on any atom is -0.396 e. The number of carbonyl (C=O) groups excluding carboxylic acids is 2. The molecule has 3 N–H and O–H groups in total. The molecule has 5 heteroatoms. The lowest BCUT2D eigenvalue weighted by Gasteiger charge is -2.30. The molecule has 0 saturated heterocycles. The Balaban J connectivity index is 1.90. The second-order valence-corrected chi connectivity index (χ2v) is 7.94. The summed E-state index contributed by atoms with van der Waals surface area (Å²) in [5.41, 5.74) is 1.15. The molecular formula is C20H30N2O3. The SMILES string of the molecule is CC(C)(C)C(=O)NCc1ccc(C(=O)NC2CCCCC2CO)cc1. The summed E-state index contributed by atoms with van der Waals surface area (Å²) < 4.78 is 0. The molecule has 1 aliphatic carbocycles. The predicted octanol–water partition coefficient (Wildman–Crippen LogP) is 2.63. The Hall–Kier alpha value is -1.88. The molecule has 0 aliphatic heterocycles. The molecule has 1 aromatic rings. The second-order valence-electron chi connectivity index (χ2n) is 7.94. The average Bonchev–Trinajstić information content (AvgIpc) is 2.59. The van der Waals surface area contributed by atoms with Crippen molar-refractivity contribution in [3.63, 3.8) is 0 Å². The first-order valence-corrected chi connectivity index (χ1v) is 9.10. The van der Waals surface area contributed by atoms with E-state index in [9.17, 15) is 14.7 Å². The van der Waals surface area contributed by atoms with Crippen LogP contribution >= 0.6 is 0 Å². The summed E-state index contributed by atoms with van der Waals surface area (Å²) in [6, 6.07) is 7.34. The van der Waals surface area contributed by atoms with Crippen LogP contribution in [0.5, 0.6) is 0 Å². The van der Waals surface area contributed by atoms with E-state index in [-0.39, 0.29) is 30.4 Å². The number of carbonyl (C=O) groups is 2. The minimum atomic E-state index is -0.414. The van der Waals surface area contributed by atoms with Gasteiger partial charge in [0.2, 0.25) is 5.91 Å². The lowest BCUT2D eigenvalue weighted by atomic mass is 9.85. The van der Waals surface area contributed by atoms with Crippen molar-refractivity contribution in [2.75, 3.05) is 6.61 Å². The van der Waals surface area contributed by atoms with Gasteiger partial charge in [0.1, 0.15) is 0 Å². The van der Waals surface area contributed by atoms with Gasteiger partial charge in [0.15, 0.2) is 0 Å². The molecule has 0 spiro atoms. The number of aliphatic hydroxyl groups is 1. The second kappa shape index (κ2) is 8.48. The van der Waals surface area contributed by atoms with E-state index >= 15 is 0 Å². The third-order valence-electron chi connectivity index (χ3n) is 4.81. The first kappa shape index (κ1) is 19.4. The van der Waals surface area contributed by atoms with Gasteiger partial charge in [-0.3, -0.25) is 9.59 Å². The smallest absolute Gasteiger partial charge is 0.251 e. The molecule has 1 saturated carbocycles. The fraction of sp³-hybridized carbons (Fsp3) is 0.600. The van der Waals surface area contributed by atoms with Crippen LogP contribution < -0.4 is 10.6 Å². The molecule has 0 radical (unpaired) electrons. The van der Waals surface area contributed by atoms with E-state index in [0.29, 0.717) is 12.1 Å². The molecule has 2 atom stereocenters. The van der Waals surface area contributed by atoms with Gasteiger partial charge in [-0.1, -0.05) is 45.7 Å². The van der Waals surface area contributed by atoms with Gasteiger partial charge in [0, 0.05) is 36.1 Å². The molecule has 0 bridgehead atoms. The van der Waals surface area contributed by atoms with E-state index in [2.05, 4.69) is 10.6 Å². The van der Waals surface area contributed by atoms with Crippen molar-refractivity contribution < 1.29 is 14.7 Å². The zero-order valence-corrected chi connectivity index (χ0v) is 15.5. The van der Waals surface area contributed by atoms with Gasteiger partial charge in [0.05, 0.1) is 0 Å². The van der Waals surface area contributed by atoms with Gasteiger partial charge in [0.25, 0.3) is 5.91 Å². The largest absolute Gasteiger partial charge is 0.396 e. The molecule has 1 aliphatic rings. The van der Waals surface area contributed by atoms with E-state index in [1.807, 2.05) is 32.9 Å². The third kappa shape index (κ3) is 5.56. The average molecular weight is 346 g/mol. The standard InChI is InChI=1S/C20H30N2O3/c1-20(2,3)19(25)21-12-14-8-10-15(11-9-14)18(24)22-17-7-5-4-6-16(17)13-23/h8-11,16-17,23H,4-7,12-13H2,1-3H3,(H,21,25)(H,22,24). The Morgan fingerprint density at radius 3 is 2.36 bits per heavy atom. The number of benzene rings is 1. The van der Waals surface area contributed by atoms with E-state index in [4.69, 9.17) is 0 Å². The van der Waals surface area contributed by atoms with Crippen LogP contribution in [0.4, 0.5) is 0 Å². The minimum absolute atomic E-state index is 0.00154. The summed E-state index contributed by atoms with van der Waals surface area (Å²) in [6.07, 6.45) is 4.10. The Labute approximate surface area is 150 Å². The first-order chi connectivity index (χ1) is 11.8. The molecule has 138 valence electrons. The summed E-state index contributed by atoms with van der Waals surface area (Å²) in [6.45, 7) is 6.20. The van der Waals surface area contributed by atoms with Crippen molar-refractivity contribution in [2.45, 2.75) is 59.0 Å². The molecule has 2 amide bonds. The van der Waals surface area contributed by atoms with Crippen LogP contribution in [-0.2, 0) is 11.3 Å². The Morgan fingerprint density at radius 2 is 1.76 bits per heavy atom. The highest BCUT2D eigenvalue weighted by molar-refractivity contribution is 5.94. The molecule has 2 rings (SSSR count). The molecule has 1 aromatic carbocycles. The maximum atomic E-state index is 12.4. The third-order valence-corrected chi connectivity index (χ3v) is 4.81. The fourth-order valence-corrected chi connectivity index (χ4v) is 3.09. The van der Waals surface area contributed by atoms with Gasteiger partial charge in [-0.05, 0) is 30.5 Å². The quantitative estimate of drug-likeness (QED) is 0.767. The zero-order chi connectivity index (χ0) is 18.4. The lowest BCUT2D eigenvalue weighted by molar-refractivity contribution is -0.128. The van der Waals surface area contributed by atoms with E-state index in [1.165, 1.54) is 0 Å². The van der Waals surface area contributed by atoms with Crippen LogP contribution in [0.15, 0.2) is 24.3 Å². The maximum Gasteiger partial charge on any atom is 0.251 e. The first-order valence-electron chi connectivity index (χ1n) is 9.10. The number of rotatable bonds is 5. The lowest BCUT2D eigenvalue weighted by Crippen LogP contribution is -2.43. The van der Waals surface area contributed by atoms with Crippen molar-refractivity contribution in [1.82, 2.24) is 10.6 Å². The normalized spacial score (nSPS) is 20.8. The van der Waals surface area contributed by atoms with Gasteiger partial charge < -0.3 is 15.7 Å². The van der Waals surface area contributed by atoms with Gasteiger partial charge in [-0.25, -0.2) is 0 Å². The Kier molecular flexibility index (Phi) is 6.59. The van der Waals surface area contributed by atoms with Crippen LogP contribution in [-0.4, -0.2) is 29.6 Å². The topological polar surface area (TPSA) is 78.4 Å².